The maximum absolute atomic E-state index is 12.1. The lowest BCUT2D eigenvalue weighted by Crippen LogP contribution is -2.16. The molecule has 2 aromatic rings. The van der Waals surface area contributed by atoms with Gasteiger partial charge in [-0.05, 0) is 38.0 Å². The molecule has 0 bridgehead atoms. The minimum atomic E-state index is 0.287. The summed E-state index contributed by atoms with van der Waals surface area (Å²) in [7, 11) is 4.10. The van der Waals surface area contributed by atoms with Crippen LogP contribution in [0.15, 0.2) is 30.3 Å². The van der Waals surface area contributed by atoms with Crippen LogP contribution in [0.3, 0.4) is 0 Å². The maximum atomic E-state index is 12.1. The first-order chi connectivity index (χ1) is 9.59. The number of hydrogen-bond donors (Lipinski definition) is 0. The van der Waals surface area contributed by atoms with Gasteiger partial charge in [0, 0.05) is 37.5 Å². The third-order valence-corrected chi connectivity index (χ3v) is 4.01. The Kier molecular flexibility index (Phi) is 3.13. The number of nitrogens with zero attached hydrogens (tertiary/aromatic N) is 2. The van der Waals surface area contributed by atoms with E-state index in [9.17, 15) is 4.79 Å². The van der Waals surface area contributed by atoms with Gasteiger partial charge in [0.25, 0.3) is 0 Å². The van der Waals surface area contributed by atoms with Crippen molar-refractivity contribution in [2.24, 2.45) is 0 Å². The number of aryl methyl sites for hydroxylation is 1. The third kappa shape index (κ3) is 1.94. The molecule has 0 spiro atoms. The molecule has 1 heterocycles. The number of ketones is 1. The summed E-state index contributed by atoms with van der Waals surface area (Å²) in [6, 6.07) is 10.4. The summed E-state index contributed by atoms with van der Waals surface area (Å²) in [4.78, 5) is 14.2. The Labute approximate surface area is 119 Å². The number of Topliss-reactive ketones (excluding diaryl/α,β-unsaturated/α-hetero) is 1. The zero-order chi connectivity index (χ0) is 14.3. The highest BCUT2D eigenvalue weighted by Gasteiger charge is 2.24. The molecule has 0 fully saturated rings. The van der Waals surface area contributed by atoms with Gasteiger partial charge in [0.15, 0.2) is 5.78 Å². The van der Waals surface area contributed by atoms with E-state index in [2.05, 4.69) is 54.8 Å². The quantitative estimate of drug-likeness (QED) is 0.834. The predicted octanol–water partition coefficient (Wildman–Crippen LogP) is 3.37. The lowest BCUT2D eigenvalue weighted by Gasteiger charge is -2.22. The van der Waals surface area contributed by atoms with E-state index in [0.717, 1.165) is 29.8 Å². The van der Waals surface area contributed by atoms with Crippen LogP contribution in [0.1, 0.15) is 34.6 Å². The largest absolute Gasteiger partial charge is 0.376 e. The molecule has 1 aliphatic carbocycles. The summed E-state index contributed by atoms with van der Waals surface area (Å²) in [6.07, 6.45) is 2.63. The minimum absolute atomic E-state index is 0.287. The molecule has 3 nitrogen and oxygen atoms in total. The molecule has 20 heavy (non-hydrogen) atoms. The van der Waals surface area contributed by atoms with Gasteiger partial charge in [0.2, 0.25) is 0 Å². The van der Waals surface area contributed by atoms with Crippen molar-refractivity contribution >= 4 is 11.5 Å². The van der Waals surface area contributed by atoms with Crippen molar-refractivity contribution in [1.29, 1.82) is 0 Å². The Morgan fingerprint density at radius 1 is 1.15 bits per heavy atom. The van der Waals surface area contributed by atoms with Crippen LogP contribution in [0, 0.1) is 6.92 Å². The van der Waals surface area contributed by atoms with Crippen LogP contribution in [-0.2, 0) is 6.42 Å². The van der Waals surface area contributed by atoms with E-state index in [-0.39, 0.29) is 5.78 Å². The predicted molar refractivity (Wildman–Crippen MR) is 82.1 cm³/mol. The number of para-hydroxylation sites is 2. The average Bonchev–Trinajstić information content (AvgIpc) is 2.76. The zero-order valence-electron chi connectivity index (χ0n) is 12.3. The second kappa shape index (κ2) is 4.82. The smallest absolute Gasteiger partial charge is 0.164 e. The van der Waals surface area contributed by atoms with Crippen LogP contribution >= 0.6 is 0 Å². The normalized spacial score (nSPS) is 14.2. The molecule has 0 aliphatic heterocycles. The Hall–Kier alpha value is -2.03. The van der Waals surface area contributed by atoms with Crippen molar-refractivity contribution in [3.8, 4) is 5.69 Å². The number of fused-ring (bicyclic) bond motifs is 1. The van der Waals surface area contributed by atoms with Crippen LogP contribution in [0.5, 0.6) is 0 Å². The van der Waals surface area contributed by atoms with Gasteiger partial charge in [0.05, 0.1) is 11.4 Å². The molecule has 0 saturated carbocycles. The molecule has 0 radical (unpaired) electrons. The maximum Gasteiger partial charge on any atom is 0.164 e. The van der Waals surface area contributed by atoms with Gasteiger partial charge in [0.1, 0.15) is 0 Å². The van der Waals surface area contributed by atoms with Gasteiger partial charge < -0.3 is 9.47 Å². The summed E-state index contributed by atoms with van der Waals surface area (Å²) in [5.41, 5.74) is 5.56. The molecule has 0 N–H and O–H groups in total. The van der Waals surface area contributed by atoms with E-state index in [4.69, 9.17) is 0 Å². The highest BCUT2D eigenvalue weighted by molar-refractivity contribution is 5.98. The van der Waals surface area contributed by atoms with Crippen molar-refractivity contribution in [1.82, 2.24) is 4.57 Å². The standard InChI is InChI=1S/C17H20N2O/c1-12-11-13-14(9-6-10-17(13)20)19(12)16-8-5-4-7-15(16)18(2)3/h4-5,7-8,11H,6,9-10H2,1-3H3. The third-order valence-electron chi connectivity index (χ3n) is 4.01. The Balaban J connectivity index is 2.24. The number of aromatic nitrogens is 1. The first kappa shape index (κ1) is 13.0. The SMILES string of the molecule is Cc1cc2c(n1-c1ccccc1N(C)C)CCCC2=O. The van der Waals surface area contributed by atoms with Crippen LogP contribution in [-0.4, -0.2) is 24.4 Å². The first-order valence-electron chi connectivity index (χ1n) is 7.10. The summed E-state index contributed by atoms with van der Waals surface area (Å²) >= 11 is 0. The van der Waals surface area contributed by atoms with E-state index in [1.807, 2.05) is 6.07 Å². The van der Waals surface area contributed by atoms with E-state index in [0.29, 0.717) is 6.42 Å². The topological polar surface area (TPSA) is 25.2 Å². The highest BCUT2D eigenvalue weighted by atomic mass is 16.1. The van der Waals surface area contributed by atoms with Crippen LogP contribution < -0.4 is 4.90 Å². The summed E-state index contributed by atoms with van der Waals surface area (Å²) in [6.45, 7) is 2.08. The van der Waals surface area contributed by atoms with Gasteiger partial charge in [-0.2, -0.15) is 0 Å². The Morgan fingerprint density at radius 2 is 1.90 bits per heavy atom. The molecule has 3 rings (SSSR count). The van der Waals surface area contributed by atoms with Crippen molar-refractivity contribution in [2.75, 3.05) is 19.0 Å². The molecule has 3 heteroatoms. The number of rotatable bonds is 2. The summed E-state index contributed by atoms with van der Waals surface area (Å²) in [5.74, 6) is 0.287. The number of benzene rings is 1. The fourth-order valence-corrected chi connectivity index (χ4v) is 3.10. The van der Waals surface area contributed by atoms with Crippen molar-refractivity contribution in [2.45, 2.75) is 26.2 Å². The average molecular weight is 268 g/mol. The highest BCUT2D eigenvalue weighted by Crippen LogP contribution is 2.31. The van der Waals surface area contributed by atoms with Crippen molar-refractivity contribution in [3.05, 3.63) is 47.3 Å². The van der Waals surface area contributed by atoms with Gasteiger partial charge >= 0.3 is 0 Å². The van der Waals surface area contributed by atoms with Crippen LogP contribution in [0.2, 0.25) is 0 Å². The van der Waals surface area contributed by atoms with Gasteiger partial charge in [-0.3, -0.25) is 4.79 Å². The minimum Gasteiger partial charge on any atom is -0.376 e. The van der Waals surface area contributed by atoms with E-state index >= 15 is 0 Å². The van der Waals surface area contributed by atoms with E-state index in [1.54, 1.807) is 0 Å². The number of hydrogen-bond acceptors (Lipinski definition) is 2. The Morgan fingerprint density at radius 3 is 2.65 bits per heavy atom. The van der Waals surface area contributed by atoms with E-state index in [1.165, 1.54) is 11.4 Å². The molecule has 0 atom stereocenters. The molecule has 0 unspecified atom stereocenters. The monoisotopic (exact) mass is 268 g/mol. The molecular weight excluding hydrogens is 248 g/mol. The first-order valence-corrected chi connectivity index (χ1v) is 7.10. The molecule has 0 saturated heterocycles. The number of carbonyl (C=O) groups is 1. The molecule has 104 valence electrons. The van der Waals surface area contributed by atoms with E-state index < -0.39 is 0 Å². The lowest BCUT2D eigenvalue weighted by molar-refractivity contribution is 0.0972. The molecule has 0 amide bonds. The van der Waals surface area contributed by atoms with Crippen LogP contribution in [0.4, 0.5) is 5.69 Å². The Bertz CT molecular complexity index is 668. The molecule has 1 aliphatic rings. The van der Waals surface area contributed by atoms with Crippen molar-refractivity contribution in [3.63, 3.8) is 0 Å². The van der Waals surface area contributed by atoms with Crippen LogP contribution in [0.25, 0.3) is 5.69 Å². The molecular formula is C17H20N2O. The van der Waals surface area contributed by atoms with Gasteiger partial charge in [-0.15, -0.1) is 0 Å². The fraction of sp³-hybridized carbons (Fsp3) is 0.353. The number of anilines is 1. The molecule has 1 aromatic heterocycles. The van der Waals surface area contributed by atoms with Crippen molar-refractivity contribution < 1.29 is 4.79 Å². The summed E-state index contributed by atoms with van der Waals surface area (Å²) < 4.78 is 2.25. The second-order valence-corrected chi connectivity index (χ2v) is 5.64. The molecule has 1 aromatic carbocycles. The van der Waals surface area contributed by atoms with Gasteiger partial charge in [-0.1, -0.05) is 12.1 Å². The summed E-state index contributed by atoms with van der Waals surface area (Å²) in [5, 5.41) is 0. The zero-order valence-corrected chi connectivity index (χ0v) is 12.3. The number of carbonyl (C=O) groups excluding carboxylic acids is 1. The second-order valence-electron chi connectivity index (χ2n) is 5.64. The fourth-order valence-electron chi connectivity index (χ4n) is 3.10. The lowest BCUT2D eigenvalue weighted by atomic mass is 9.96. The van der Waals surface area contributed by atoms with Gasteiger partial charge in [-0.25, -0.2) is 0 Å².